The molecule has 0 unspecified atom stereocenters. The lowest BCUT2D eigenvalue weighted by molar-refractivity contribution is -0.139. The number of halogens is 1. The van der Waals surface area contributed by atoms with Crippen LogP contribution in [0.1, 0.15) is 43.2 Å². The normalized spacial score (nSPS) is 11.1. The van der Waals surface area contributed by atoms with Crippen LogP contribution in [-0.4, -0.2) is 47.4 Å². The molecule has 0 fully saturated rings. The van der Waals surface area contributed by atoms with E-state index in [1.54, 1.807) is 43.4 Å². The molecule has 0 radical (unpaired) electrons. The summed E-state index contributed by atoms with van der Waals surface area (Å²) in [6.45, 7) is 6.00. The molecule has 0 atom stereocenters. The molecule has 0 saturated carbocycles. The van der Waals surface area contributed by atoms with Crippen LogP contribution in [0.25, 0.3) is 5.69 Å². The average molecular weight is 557 g/mol. The predicted octanol–water partition coefficient (Wildman–Crippen LogP) is 3.73. The van der Waals surface area contributed by atoms with Gasteiger partial charge in [-0.2, -0.15) is 0 Å². The van der Waals surface area contributed by atoms with Gasteiger partial charge in [-0.05, 0) is 42.7 Å². The minimum atomic E-state index is -0.681. The van der Waals surface area contributed by atoms with Crippen molar-refractivity contribution in [1.29, 1.82) is 0 Å². The smallest absolute Gasteiger partial charge is 0.311 e. The number of benzene rings is 2. The zero-order valence-electron chi connectivity index (χ0n) is 22.7. The zero-order valence-corrected chi connectivity index (χ0v) is 23.4. The first-order valence-electron chi connectivity index (χ1n) is 12.4. The number of carbonyl (C=O) groups is 3. The molecule has 39 heavy (non-hydrogen) atoms. The van der Waals surface area contributed by atoms with Crippen LogP contribution >= 0.6 is 11.6 Å². The van der Waals surface area contributed by atoms with Crippen LogP contribution in [0.2, 0.25) is 5.02 Å². The molecule has 0 bridgehead atoms. The molecule has 0 aliphatic heterocycles. The third kappa shape index (κ3) is 7.29. The maximum absolute atomic E-state index is 13.4. The SMILES string of the molecule is CCOc1ccc(Cl)cc1C(=O)NCC(C)(C)CC(=O)Nc1c(CC(=O)OC)n(C)n(-c2ccccc2)c1=O. The summed E-state index contributed by atoms with van der Waals surface area (Å²) >= 11 is 6.07. The Hall–Kier alpha value is -4.05. The second kappa shape index (κ2) is 12.7. The van der Waals surface area contributed by atoms with Gasteiger partial charge in [-0.25, -0.2) is 4.68 Å². The van der Waals surface area contributed by atoms with E-state index < -0.39 is 22.9 Å². The first kappa shape index (κ1) is 29.5. The number of carbonyl (C=O) groups excluding carboxylic acids is 3. The van der Waals surface area contributed by atoms with E-state index in [9.17, 15) is 19.2 Å². The highest BCUT2D eigenvalue weighted by Gasteiger charge is 2.27. The minimum absolute atomic E-state index is 0.00290. The maximum Gasteiger partial charge on any atom is 0.311 e. The van der Waals surface area contributed by atoms with Crippen molar-refractivity contribution in [1.82, 2.24) is 14.7 Å². The highest BCUT2D eigenvalue weighted by atomic mass is 35.5. The summed E-state index contributed by atoms with van der Waals surface area (Å²) < 4.78 is 13.2. The van der Waals surface area contributed by atoms with Crippen LogP contribution in [-0.2, 0) is 27.8 Å². The van der Waals surface area contributed by atoms with E-state index >= 15 is 0 Å². The number of ether oxygens (including phenoxy) is 2. The molecule has 2 amide bonds. The molecular weight excluding hydrogens is 524 g/mol. The summed E-state index contributed by atoms with van der Waals surface area (Å²) in [6.07, 6.45) is -0.225. The maximum atomic E-state index is 13.4. The van der Waals surface area contributed by atoms with E-state index in [0.717, 1.165) is 0 Å². The molecule has 1 heterocycles. The lowest BCUT2D eigenvalue weighted by atomic mass is 9.88. The summed E-state index contributed by atoms with van der Waals surface area (Å²) in [4.78, 5) is 51.4. The van der Waals surface area contributed by atoms with Gasteiger partial charge in [-0.3, -0.25) is 23.9 Å². The van der Waals surface area contributed by atoms with Crippen LogP contribution < -0.4 is 20.9 Å². The number of esters is 1. The third-order valence-corrected chi connectivity index (χ3v) is 6.28. The van der Waals surface area contributed by atoms with Gasteiger partial charge in [-0.15, -0.1) is 0 Å². The second-order valence-electron chi connectivity index (χ2n) is 9.70. The number of hydrogen-bond acceptors (Lipinski definition) is 6. The van der Waals surface area contributed by atoms with Gasteiger partial charge in [0.25, 0.3) is 11.5 Å². The molecule has 1 aromatic heterocycles. The number of anilines is 1. The Morgan fingerprint density at radius 3 is 2.41 bits per heavy atom. The first-order chi connectivity index (χ1) is 18.5. The first-order valence-corrected chi connectivity index (χ1v) is 12.8. The van der Waals surface area contributed by atoms with Crippen LogP contribution in [0, 0.1) is 5.41 Å². The molecule has 3 rings (SSSR count). The Kier molecular flexibility index (Phi) is 9.58. The Morgan fingerprint density at radius 2 is 1.77 bits per heavy atom. The molecule has 0 aliphatic rings. The van der Waals surface area contributed by atoms with Gasteiger partial charge < -0.3 is 20.1 Å². The second-order valence-corrected chi connectivity index (χ2v) is 10.1. The molecule has 208 valence electrons. The van der Waals surface area contributed by atoms with Crippen LogP contribution in [0.4, 0.5) is 5.69 Å². The summed E-state index contributed by atoms with van der Waals surface area (Å²) in [5, 5.41) is 5.93. The van der Waals surface area contributed by atoms with Gasteiger partial charge >= 0.3 is 5.97 Å². The van der Waals surface area contributed by atoms with E-state index in [-0.39, 0.29) is 31.0 Å². The quantitative estimate of drug-likeness (QED) is 0.347. The number of methoxy groups -OCH3 is 1. The van der Waals surface area contributed by atoms with Gasteiger partial charge in [-0.1, -0.05) is 43.6 Å². The van der Waals surface area contributed by atoms with Crippen molar-refractivity contribution in [3.05, 3.63) is 75.2 Å². The summed E-state index contributed by atoms with van der Waals surface area (Å²) in [5.41, 5.74) is 0.0117. The average Bonchev–Trinajstić information content (AvgIpc) is 3.12. The van der Waals surface area contributed by atoms with E-state index in [0.29, 0.717) is 34.3 Å². The molecule has 11 heteroatoms. The van der Waals surface area contributed by atoms with Crippen molar-refractivity contribution in [3.8, 4) is 11.4 Å². The number of para-hydroxylation sites is 1. The van der Waals surface area contributed by atoms with Crippen molar-refractivity contribution in [2.24, 2.45) is 12.5 Å². The predicted molar refractivity (Wildman–Crippen MR) is 149 cm³/mol. The summed E-state index contributed by atoms with van der Waals surface area (Å²) in [6, 6.07) is 13.7. The Labute approximate surface area is 231 Å². The number of aromatic nitrogens is 2. The van der Waals surface area contributed by atoms with E-state index in [1.807, 2.05) is 26.8 Å². The molecule has 2 N–H and O–H groups in total. The van der Waals surface area contributed by atoms with Crippen molar-refractivity contribution in [2.75, 3.05) is 25.6 Å². The van der Waals surface area contributed by atoms with Crippen LogP contribution in [0.5, 0.6) is 5.75 Å². The fourth-order valence-electron chi connectivity index (χ4n) is 4.10. The molecular formula is C28H33ClN4O6. The summed E-state index contributed by atoms with van der Waals surface area (Å²) in [5.74, 6) is -0.974. The Balaban J connectivity index is 1.78. The van der Waals surface area contributed by atoms with Crippen LogP contribution in [0.3, 0.4) is 0 Å². The van der Waals surface area contributed by atoms with E-state index in [2.05, 4.69) is 10.6 Å². The number of hydrogen-bond donors (Lipinski definition) is 2. The minimum Gasteiger partial charge on any atom is -0.493 e. The molecule has 0 saturated heterocycles. The van der Waals surface area contributed by atoms with Crippen molar-refractivity contribution >= 4 is 35.1 Å². The van der Waals surface area contributed by atoms with Gasteiger partial charge in [0.05, 0.1) is 37.1 Å². The van der Waals surface area contributed by atoms with Gasteiger partial charge in [0.2, 0.25) is 5.91 Å². The number of nitrogens with zero attached hydrogens (tertiary/aromatic N) is 2. The third-order valence-electron chi connectivity index (χ3n) is 6.04. The van der Waals surface area contributed by atoms with Crippen molar-refractivity contribution in [3.63, 3.8) is 0 Å². The van der Waals surface area contributed by atoms with Gasteiger partial charge in [0.15, 0.2) is 0 Å². The lowest BCUT2D eigenvalue weighted by Gasteiger charge is -2.24. The molecule has 3 aromatic rings. The topological polar surface area (TPSA) is 121 Å². The molecule has 0 aliphatic carbocycles. The molecule has 0 spiro atoms. The lowest BCUT2D eigenvalue weighted by Crippen LogP contribution is -2.37. The fourth-order valence-corrected chi connectivity index (χ4v) is 4.27. The number of amides is 2. The Bertz CT molecular complexity index is 1410. The van der Waals surface area contributed by atoms with E-state index in [4.69, 9.17) is 21.1 Å². The standard InChI is InChI=1S/C28H33ClN4O6/c1-6-39-22-13-12-18(29)14-20(22)26(36)30-17-28(2,3)16-23(34)31-25-21(15-24(35)38-5)32(4)33(27(25)37)19-10-8-7-9-11-19/h7-14H,6,15-17H2,1-5H3,(H,30,36)(H,31,34). The fraction of sp³-hybridized carbons (Fsp3) is 0.357. The number of rotatable bonds is 11. The zero-order chi connectivity index (χ0) is 28.7. The van der Waals surface area contributed by atoms with Gasteiger partial charge in [0.1, 0.15) is 11.4 Å². The Morgan fingerprint density at radius 1 is 1.08 bits per heavy atom. The van der Waals surface area contributed by atoms with E-state index in [1.165, 1.54) is 22.5 Å². The largest absolute Gasteiger partial charge is 0.493 e. The number of nitrogens with one attached hydrogen (secondary N) is 2. The summed E-state index contributed by atoms with van der Waals surface area (Å²) in [7, 11) is 2.89. The highest BCUT2D eigenvalue weighted by molar-refractivity contribution is 6.31. The molecule has 10 nitrogen and oxygen atoms in total. The molecule has 2 aromatic carbocycles. The monoisotopic (exact) mass is 556 g/mol. The highest BCUT2D eigenvalue weighted by Crippen LogP contribution is 2.25. The van der Waals surface area contributed by atoms with Crippen molar-refractivity contribution in [2.45, 2.75) is 33.6 Å². The van der Waals surface area contributed by atoms with Gasteiger partial charge in [0, 0.05) is 25.0 Å². The van der Waals surface area contributed by atoms with Crippen LogP contribution in [0.15, 0.2) is 53.3 Å². The van der Waals surface area contributed by atoms with Crippen molar-refractivity contribution < 1.29 is 23.9 Å².